The Hall–Kier alpha value is 0.347. The first-order valence-corrected chi connectivity index (χ1v) is 6.05. The zero-order chi connectivity index (χ0) is 9.94. The first kappa shape index (κ1) is 16.8. The minimum atomic E-state index is -1.67. The van der Waals surface area contributed by atoms with Crippen molar-refractivity contribution in [2.75, 3.05) is 34.4 Å². The molecule has 0 aromatic heterocycles. The van der Waals surface area contributed by atoms with E-state index in [0.29, 0.717) is 0 Å². The van der Waals surface area contributed by atoms with Crippen LogP contribution < -0.4 is 5.32 Å². The van der Waals surface area contributed by atoms with Crippen molar-refractivity contribution < 1.29 is 13.3 Å². The summed E-state index contributed by atoms with van der Waals surface area (Å²) >= 11 is 0. The SMILES string of the molecule is C1CCNCC1.CO[SiH](OC)OC.Cl. The van der Waals surface area contributed by atoms with Gasteiger partial charge in [-0.1, -0.05) is 6.42 Å². The summed E-state index contributed by atoms with van der Waals surface area (Å²) in [6, 6.07) is 0. The lowest BCUT2D eigenvalue weighted by molar-refractivity contribution is 0.163. The Morgan fingerprint density at radius 2 is 1.29 bits per heavy atom. The maximum Gasteiger partial charge on any atom is 0.483 e. The van der Waals surface area contributed by atoms with Crippen molar-refractivity contribution in [3.63, 3.8) is 0 Å². The molecule has 0 unspecified atom stereocenters. The third-order valence-electron chi connectivity index (χ3n) is 1.78. The zero-order valence-corrected chi connectivity index (χ0v) is 11.2. The Kier molecular flexibility index (Phi) is 16.0. The number of nitrogens with one attached hydrogen (secondary N) is 1. The summed E-state index contributed by atoms with van der Waals surface area (Å²) in [7, 11) is 3.05. The monoisotopic (exact) mass is 243 g/mol. The van der Waals surface area contributed by atoms with Gasteiger partial charge in [0.15, 0.2) is 0 Å². The molecule has 4 nitrogen and oxygen atoms in total. The second-order valence-electron chi connectivity index (χ2n) is 2.81. The molecule has 0 aromatic carbocycles. The van der Waals surface area contributed by atoms with E-state index in [4.69, 9.17) is 13.3 Å². The molecule has 1 aliphatic rings. The highest BCUT2D eigenvalue weighted by Gasteiger charge is 2.04. The van der Waals surface area contributed by atoms with Gasteiger partial charge in [-0.25, -0.2) is 0 Å². The summed E-state index contributed by atoms with van der Waals surface area (Å²) in [5.74, 6) is 0. The van der Waals surface area contributed by atoms with Crippen LogP contribution in [-0.4, -0.2) is 43.9 Å². The molecule has 0 saturated carbocycles. The normalized spacial score (nSPS) is 15.4. The van der Waals surface area contributed by atoms with E-state index in [-0.39, 0.29) is 12.4 Å². The summed E-state index contributed by atoms with van der Waals surface area (Å²) in [4.78, 5) is 0. The number of piperidine rings is 1. The van der Waals surface area contributed by atoms with Crippen molar-refractivity contribution in [2.24, 2.45) is 0 Å². The van der Waals surface area contributed by atoms with Crippen molar-refractivity contribution in [3.05, 3.63) is 0 Å². The largest absolute Gasteiger partial charge is 0.483 e. The molecule has 14 heavy (non-hydrogen) atoms. The topological polar surface area (TPSA) is 39.7 Å². The molecule has 0 radical (unpaired) electrons. The Morgan fingerprint density at radius 3 is 1.36 bits per heavy atom. The number of rotatable bonds is 3. The minimum Gasteiger partial charge on any atom is -0.379 e. The molecular formula is C8H22ClNO3Si. The molecule has 0 atom stereocenters. The van der Waals surface area contributed by atoms with Crippen LogP contribution in [0.3, 0.4) is 0 Å². The van der Waals surface area contributed by atoms with Gasteiger partial charge in [-0.05, 0) is 25.9 Å². The molecule has 1 rings (SSSR count). The van der Waals surface area contributed by atoms with E-state index in [2.05, 4.69) is 5.32 Å². The van der Waals surface area contributed by atoms with Crippen LogP contribution in [0.25, 0.3) is 0 Å². The van der Waals surface area contributed by atoms with E-state index in [1.165, 1.54) is 32.4 Å². The van der Waals surface area contributed by atoms with E-state index in [1.807, 2.05) is 0 Å². The van der Waals surface area contributed by atoms with Crippen molar-refractivity contribution in [2.45, 2.75) is 19.3 Å². The van der Waals surface area contributed by atoms with E-state index in [1.54, 1.807) is 21.3 Å². The van der Waals surface area contributed by atoms with Crippen molar-refractivity contribution in [3.8, 4) is 0 Å². The fourth-order valence-corrected chi connectivity index (χ4v) is 1.67. The number of hydrogen-bond donors (Lipinski definition) is 1. The van der Waals surface area contributed by atoms with E-state index < -0.39 is 9.53 Å². The highest BCUT2D eigenvalue weighted by atomic mass is 35.5. The van der Waals surface area contributed by atoms with Crippen LogP contribution in [0, 0.1) is 0 Å². The van der Waals surface area contributed by atoms with Crippen LogP contribution in [0.2, 0.25) is 0 Å². The molecule has 1 fully saturated rings. The summed E-state index contributed by atoms with van der Waals surface area (Å²) in [6.45, 7) is 2.50. The van der Waals surface area contributed by atoms with Gasteiger partial charge in [0.05, 0.1) is 0 Å². The lowest BCUT2D eigenvalue weighted by Gasteiger charge is -2.08. The third kappa shape index (κ3) is 10.4. The van der Waals surface area contributed by atoms with Gasteiger partial charge >= 0.3 is 9.53 Å². The van der Waals surface area contributed by atoms with Gasteiger partial charge in [-0.15, -0.1) is 12.4 Å². The summed E-state index contributed by atoms with van der Waals surface area (Å²) < 4.78 is 14.2. The standard InChI is InChI=1S/C5H11N.C3H10O3Si.ClH/c1-2-4-6-5-3-1;1-4-7(5-2)6-3;/h6H,1-5H2;7H,1-3H3;1H. The number of hydrogen-bond acceptors (Lipinski definition) is 4. The second-order valence-corrected chi connectivity index (χ2v) is 4.80. The molecule has 0 amide bonds. The molecule has 88 valence electrons. The quantitative estimate of drug-likeness (QED) is 0.746. The van der Waals surface area contributed by atoms with Gasteiger partial charge in [-0.3, -0.25) is 0 Å². The highest BCUT2D eigenvalue weighted by Crippen LogP contribution is 1.96. The summed E-state index contributed by atoms with van der Waals surface area (Å²) in [6.07, 6.45) is 4.22. The molecule has 1 N–H and O–H groups in total. The molecule has 1 heterocycles. The molecule has 0 aromatic rings. The van der Waals surface area contributed by atoms with Gasteiger partial charge in [0.2, 0.25) is 0 Å². The first-order valence-electron chi connectivity index (χ1n) is 4.64. The van der Waals surface area contributed by atoms with Gasteiger partial charge in [0.1, 0.15) is 0 Å². The van der Waals surface area contributed by atoms with Crippen LogP contribution in [-0.2, 0) is 13.3 Å². The van der Waals surface area contributed by atoms with Crippen LogP contribution in [0.4, 0.5) is 0 Å². The Bertz CT molecular complexity index is 85.6. The first-order chi connectivity index (χ1) is 6.35. The van der Waals surface area contributed by atoms with Gasteiger partial charge in [0, 0.05) is 21.3 Å². The molecule has 0 aliphatic carbocycles. The van der Waals surface area contributed by atoms with E-state index >= 15 is 0 Å². The van der Waals surface area contributed by atoms with Gasteiger partial charge in [-0.2, -0.15) is 0 Å². The Labute approximate surface area is 94.7 Å². The van der Waals surface area contributed by atoms with E-state index in [0.717, 1.165) is 0 Å². The van der Waals surface area contributed by atoms with Crippen molar-refractivity contribution >= 4 is 21.9 Å². The van der Waals surface area contributed by atoms with Crippen molar-refractivity contribution in [1.82, 2.24) is 5.32 Å². The molecular weight excluding hydrogens is 222 g/mol. The van der Waals surface area contributed by atoms with Crippen LogP contribution in [0.15, 0.2) is 0 Å². The summed E-state index contributed by atoms with van der Waals surface area (Å²) in [5, 5.41) is 3.28. The fourth-order valence-electron chi connectivity index (χ4n) is 1.09. The lowest BCUT2D eigenvalue weighted by atomic mass is 10.2. The fraction of sp³-hybridized carbons (Fsp3) is 1.00. The molecule has 1 aliphatic heterocycles. The predicted molar refractivity (Wildman–Crippen MR) is 62.1 cm³/mol. The Balaban J connectivity index is 0. The molecule has 0 bridgehead atoms. The van der Waals surface area contributed by atoms with Crippen LogP contribution >= 0.6 is 12.4 Å². The zero-order valence-electron chi connectivity index (χ0n) is 9.25. The average molecular weight is 244 g/mol. The van der Waals surface area contributed by atoms with Crippen LogP contribution in [0.1, 0.15) is 19.3 Å². The van der Waals surface area contributed by atoms with Gasteiger partial charge < -0.3 is 18.6 Å². The minimum absolute atomic E-state index is 0. The predicted octanol–water partition coefficient (Wildman–Crippen LogP) is 0.824. The summed E-state index contributed by atoms with van der Waals surface area (Å²) in [5.41, 5.74) is 0. The maximum atomic E-state index is 4.74. The third-order valence-corrected chi connectivity index (χ3v) is 2.94. The Morgan fingerprint density at radius 1 is 0.857 bits per heavy atom. The van der Waals surface area contributed by atoms with Gasteiger partial charge in [0.25, 0.3) is 0 Å². The smallest absolute Gasteiger partial charge is 0.379 e. The maximum absolute atomic E-state index is 4.74. The second kappa shape index (κ2) is 13.3. The van der Waals surface area contributed by atoms with Crippen LogP contribution in [0.5, 0.6) is 0 Å². The van der Waals surface area contributed by atoms with Crippen molar-refractivity contribution in [1.29, 1.82) is 0 Å². The number of halogens is 1. The molecule has 6 heteroatoms. The highest BCUT2D eigenvalue weighted by molar-refractivity contribution is 6.36. The van der Waals surface area contributed by atoms with E-state index in [9.17, 15) is 0 Å². The molecule has 1 saturated heterocycles. The average Bonchev–Trinajstić information content (AvgIpc) is 2.24. The lowest BCUT2D eigenvalue weighted by Crippen LogP contribution is -2.21. The molecule has 0 spiro atoms.